The van der Waals surface area contributed by atoms with Gasteiger partial charge in [-0.05, 0) is 29.5 Å². The zero-order chi connectivity index (χ0) is 15.2. The summed E-state index contributed by atoms with van der Waals surface area (Å²) in [6, 6.07) is 8.34. The first-order valence-corrected chi connectivity index (χ1v) is 6.52. The Morgan fingerprint density at radius 1 is 1.41 bits per heavy atom. The number of ether oxygens (including phenoxy) is 1. The number of nitrogens with two attached hydrogens (primary N) is 1. The monoisotopic (exact) mass is 326 g/mol. The van der Waals surface area contributed by atoms with Crippen LogP contribution in [0.3, 0.4) is 0 Å². The van der Waals surface area contributed by atoms with E-state index >= 15 is 0 Å². The fourth-order valence-corrected chi connectivity index (χ4v) is 1.86. The van der Waals surface area contributed by atoms with E-state index in [1.165, 1.54) is 7.11 Å². The Morgan fingerprint density at radius 2 is 2.09 bits per heavy atom. The number of halogens is 1. The minimum Gasteiger partial charge on any atom is -0.383 e. The molecule has 120 valence electrons. The Morgan fingerprint density at radius 3 is 2.73 bits per heavy atom. The lowest BCUT2D eigenvalue weighted by atomic mass is 10.2. The van der Waals surface area contributed by atoms with Gasteiger partial charge in [0.15, 0.2) is 5.82 Å². The van der Waals surface area contributed by atoms with Crippen LogP contribution in [0.1, 0.15) is 18.8 Å². The number of para-hydroxylation sites is 1. The van der Waals surface area contributed by atoms with Gasteiger partial charge < -0.3 is 15.8 Å². The quantitative estimate of drug-likeness (QED) is 0.787. The van der Waals surface area contributed by atoms with Crippen molar-refractivity contribution in [2.75, 3.05) is 13.7 Å². The van der Waals surface area contributed by atoms with E-state index in [1.54, 1.807) is 11.6 Å². The Bertz CT molecular complexity index is 591. The first-order chi connectivity index (χ1) is 10.1. The van der Waals surface area contributed by atoms with Crippen LogP contribution in [0.4, 0.5) is 0 Å². The molecule has 0 aliphatic rings. The number of rotatable bonds is 6. The van der Waals surface area contributed by atoms with Crippen molar-refractivity contribution in [1.29, 1.82) is 0 Å². The molecular formula is C13H19ClN6O2. The molecule has 2 atom stereocenters. The number of nitrogens with zero attached hydrogens (tertiary/aromatic N) is 4. The summed E-state index contributed by atoms with van der Waals surface area (Å²) in [6.45, 7) is 1.95. The number of carbonyl (C=O) groups excluding carboxylic acids is 1. The van der Waals surface area contributed by atoms with Gasteiger partial charge in [-0.2, -0.15) is 4.68 Å². The Balaban J connectivity index is 0.00000242. The largest absolute Gasteiger partial charge is 0.383 e. The second-order valence-electron chi connectivity index (χ2n) is 4.58. The maximum Gasteiger partial charge on any atom is 0.239 e. The zero-order valence-corrected chi connectivity index (χ0v) is 13.2. The predicted octanol–water partition coefficient (Wildman–Crippen LogP) is 0.235. The van der Waals surface area contributed by atoms with E-state index in [0.717, 1.165) is 5.69 Å². The molecule has 1 heterocycles. The lowest BCUT2D eigenvalue weighted by molar-refractivity contribution is -0.124. The minimum atomic E-state index is -0.724. The molecule has 0 aliphatic carbocycles. The van der Waals surface area contributed by atoms with Crippen molar-refractivity contribution in [2.24, 2.45) is 5.73 Å². The molecule has 0 saturated carbocycles. The molecule has 22 heavy (non-hydrogen) atoms. The first kappa shape index (κ1) is 18.0. The van der Waals surface area contributed by atoms with Crippen molar-refractivity contribution in [3.63, 3.8) is 0 Å². The van der Waals surface area contributed by atoms with E-state index < -0.39 is 6.04 Å². The molecule has 3 N–H and O–H groups in total. The van der Waals surface area contributed by atoms with Gasteiger partial charge in [0, 0.05) is 7.11 Å². The molecule has 9 heteroatoms. The lowest BCUT2D eigenvalue weighted by Gasteiger charge is -2.16. The highest BCUT2D eigenvalue weighted by Gasteiger charge is 2.21. The molecule has 0 spiro atoms. The molecular weight excluding hydrogens is 308 g/mol. The molecule has 0 radical (unpaired) electrons. The Labute approximate surface area is 134 Å². The van der Waals surface area contributed by atoms with E-state index in [0.29, 0.717) is 5.82 Å². The summed E-state index contributed by atoms with van der Waals surface area (Å²) < 4.78 is 6.43. The summed E-state index contributed by atoms with van der Waals surface area (Å²) in [5.41, 5.74) is 6.50. The number of nitrogens with one attached hydrogen (secondary N) is 1. The number of benzene rings is 1. The van der Waals surface area contributed by atoms with E-state index in [9.17, 15) is 4.79 Å². The smallest absolute Gasteiger partial charge is 0.239 e. The standard InChI is InChI=1S/C13H18N6O2.ClH/c1-9(15-13(20)11(14)8-21-2)12-16-17-18-19(12)10-6-4-3-5-7-10;/h3-7,9,11H,8,14H2,1-2H3,(H,15,20);1H. The van der Waals surface area contributed by atoms with Gasteiger partial charge in [-0.1, -0.05) is 18.2 Å². The van der Waals surface area contributed by atoms with Crippen molar-refractivity contribution in [3.05, 3.63) is 36.2 Å². The Kier molecular flexibility index (Phi) is 6.90. The van der Waals surface area contributed by atoms with E-state index in [-0.39, 0.29) is 31.0 Å². The lowest BCUT2D eigenvalue weighted by Crippen LogP contribution is -2.44. The van der Waals surface area contributed by atoms with Gasteiger partial charge in [0.05, 0.1) is 18.3 Å². The normalized spacial score (nSPS) is 13.0. The third-order valence-electron chi connectivity index (χ3n) is 2.92. The van der Waals surface area contributed by atoms with Crippen LogP contribution >= 0.6 is 12.4 Å². The average molecular weight is 327 g/mol. The minimum absolute atomic E-state index is 0. The molecule has 2 unspecified atom stereocenters. The highest BCUT2D eigenvalue weighted by atomic mass is 35.5. The van der Waals surface area contributed by atoms with Gasteiger partial charge >= 0.3 is 0 Å². The number of carbonyl (C=O) groups is 1. The van der Waals surface area contributed by atoms with Crippen molar-refractivity contribution >= 4 is 18.3 Å². The number of amides is 1. The SMILES string of the molecule is COCC(N)C(=O)NC(C)c1nnnn1-c1ccccc1.Cl. The molecule has 0 bridgehead atoms. The second kappa shape index (κ2) is 8.42. The van der Waals surface area contributed by atoms with Crippen LogP contribution in [0.25, 0.3) is 5.69 Å². The third-order valence-corrected chi connectivity index (χ3v) is 2.92. The van der Waals surface area contributed by atoms with Crippen LogP contribution in [0.2, 0.25) is 0 Å². The van der Waals surface area contributed by atoms with Crippen LogP contribution < -0.4 is 11.1 Å². The number of aromatic nitrogens is 4. The van der Waals surface area contributed by atoms with Gasteiger partial charge in [0.25, 0.3) is 0 Å². The molecule has 1 aromatic heterocycles. The molecule has 8 nitrogen and oxygen atoms in total. The summed E-state index contributed by atoms with van der Waals surface area (Å²) in [5.74, 6) is 0.214. The molecule has 0 saturated heterocycles. The number of methoxy groups -OCH3 is 1. The van der Waals surface area contributed by atoms with Crippen LogP contribution in [0.15, 0.2) is 30.3 Å². The van der Waals surface area contributed by atoms with E-state index in [1.807, 2.05) is 30.3 Å². The van der Waals surface area contributed by atoms with Crippen molar-refractivity contribution < 1.29 is 9.53 Å². The maximum absolute atomic E-state index is 11.9. The maximum atomic E-state index is 11.9. The van der Waals surface area contributed by atoms with Gasteiger partial charge in [-0.15, -0.1) is 17.5 Å². The van der Waals surface area contributed by atoms with Gasteiger partial charge in [0.1, 0.15) is 6.04 Å². The number of tetrazole rings is 1. The summed E-state index contributed by atoms with van der Waals surface area (Å²) >= 11 is 0. The molecule has 1 aromatic carbocycles. The van der Waals surface area contributed by atoms with Crippen molar-refractivity contribution in [3.8, 4) is 5.69 Å². The highest BCUT2D eigenvalue weighted by molar-refractivity contribution is 5.85. The number of hydrogen-bond donors (Lipinski definition) is 2. The van der Waals surface area contributed by atoms with E-state index in [2.05, 4.69) is 20.8 Å². The summed E-state index contributed by atoms with van der Waals surface area (Å²) in [6.07, 6.45) is 0. The highest BCUT2D eigenvalue weighted by Crippen LogP contribution is 2.13. The van der Waals surface area contributed by atoms with Gasteiger partial charge in [-0.3, -0.25) is 4.79 Å². The first-order valence-electron chi connectivity index (χ1n) is 6.52. The summed E-state index contributed by atoms with van der Waals surface area (Å²) in [4.78, 5) is 11.9. The van der Waals surface area contributed by atoms with Crippen LogP contribution in [0.5, 0.6) is 0 Å². The van der Waals surface area contributed by atoms with E-state index in [4.69, 9.17) is 10.5 Å². The third kappa shape index (κ3) is 4.23. The second-order valence-corrected chi connectivity index (χ2v) is 4.58. The molecule has 2 rings (SSSR count). The zero-order valence-electron chi connectivity index (χ0n) is 12.3. The van der Waals surface area contributed by atoms with Crippen LogP contribution in [-0.2, 0) is 9.53 Å². The molecule has 0 fully saturated rings. The molecule has 1 amide bonds. The fraction of sp³-hybridized carbons (Fsp3) is 0.385. The predicted molar refractivity (Wildman–Crippen MR) is 82.8 cm³/mol. The molecule has 2 aromatic rings. The van der Waals surface area contributed by atoms with Crippen LogP contribution in [0, 0.1) is 0 Å². The number of hydrogen-bond acceptors (Lipinski definition) is 6. The average Bonchev–Trinajstić information content (AvgIpc) is 2.98. The Hall–Kier alpha value is -2.03. The van der Waals surface area contributed by atoms with Crippen molar-refractivity contribution in [2.45, 2.75) is 19.0 Å². The van der Waals surface area contributed by atoms with Gasteiger partial charge in [0.2, 0.25) is 5.91 Å². The summed E-state index contributed by atoms with van der Waals surface area (Å²) in [7, 11) is 1.49. The fourth-order valence-electron chi connectivity index (χ4n) is 1.86. The van der Waals surface area contributed by atoms with Crippen molar-refractivity contribution in [1.82, 2.24) is 25.5 Å². The van der Waals surface area contributed by atoms with Crippen LogP contribution in [-0.4, -0.2) is 45.9 Å². The topological polar surface area (TPSA) is 108 Å². The van der Waals surface area contributed by atoms with Gasteiger partial charge in [-0.25, -0.2) is 0 Å². The summed E-state index contributed by atoms with van der Waals surface area (Å²) in [5, 5.41) is 14.3. The molecule has 0 aliphatic heterocycles.